The van der Waals surface area contributed by atoms with Crippen LogP contribution in [0.25, 0.3) is 10.1 Å². The molecule has 8 nitrogen and oxygen atoms in total. The van der Waals surface area contributed by atoms with Crippen molar-refractivity contribution < 1.29 is 22.7 Å². The molecule has 2 aliphatic heterocycles. The zero-order valence-corrected chi connectivity index (χ0v) is 22.7. The second-order valence-electron chi connectivity index (χ2n) is 9.42. The fourth-order valence-electron chi connectivity index (χ4n) is 5.00. The molecule has 2 aromatic rings. The van der Waals surface area contributed by atoms with Gasteiger partial charge >= 0.3 is 5.97 Å². The second kappa shape index (κ2) is 10.7. The molecule has 2 aliphatic rings. The van der Waals surface area contributed by atoms with Gasteiger partial charge < -0.3 is 14.5 Å². The van der Waals surface area contributed by atoms with Crippen LogP contribution in [0.4, 0.5) is 0 Å². The molecule has 1 amide bonds. The lowest BCUT2D eigenvalue weighted by Gasteiger charge is -2.44. The van der Waals surface area contributed by atoms with E-state index in [1.807, 2.05) is 4.90 Å². The van der Waals surface area contributed by atoms with Gasteiger partial charge in [-0.15, -0.1) is 11.3 Å². The molecule has 1 atom stereocenters. The predicted octanol–water partition coefficient (Wildman–Crippen LogP) is 3.58. The molecule has 11 heteroatoms. The lowest BCUT2D eigenvalue weighted by molar-refractivity contribution is -0.145. The number of carbonyl (C=O) groups is 2. The number of fused-ring (bicyclic) bond motifs is 1. The monoisotopic (exact) mass is 541 g/mol. The van der Waals surface area contributed by atoms with E-state index in [4.69, 9.17) is 16.3 Å². The third-order valence-electron chi connectivity index (χ3n) is 7.00. The standard InChI is InChI=1S/C24H32ClN3O5S2/c1-16(2)26-11-8-19(9-12-26)27-10-4-5-20(24(27)30)28(15-22(29)33-3)35(31,32)23-13-17-6-7-18(25)14-21(17)34-23/h6-7,13-14,16,19-20H,4-5,8-12,15H2,1-3H3/t20-/m0/s1. The van der Waals surface area contributed by atoms with E-state index in [0.29, 0.717) is 30.5 Å². The summed E-state index contributed by atoms with van der Waals surface area (Å²) in [5.74, 6) is -0.927. The highest BCUT2D eigenvalue weighted by atomic mass is 35.5. The van der Waals surface area contributed by atoms with Gasteiger partial charge in [-0.05, 0) is 63.1 Å². The normalized spacial score (nSPS) is 20.8. The lowest BCUT2D eigenvalue weighted by Crippen LogP contribution is -2.59. The maximum absolute atomic E-state index is 13.8. The molecule has 1 aromatic heterocycles. The molecule has 2 saturated heterocycles. The average Bonchev–Trinajstić information content (AvgIpc) is 3.27. The summed E-state index contributed by atoms with van der Waals surface area (Å²) in [5, 5.41) is 1.25. The molecule has 1 aromatic carbocycles. The van der Waals surface area contributed by atoms with E-state index in [1.165, 1.54) is 7.11 Å². The van der Waals surface area contributed by atoms with Crippen LogP contribution in [0.15, 0.2) is 28.5 Å². The van der Waals surface area contributed by atoms with Gasteiger partial charge in [-0.3, -0.25) is 9.59 Å². The molecule has 2 fully saturated rings. The highest BCUT2D eigenvalue weighted by Crippen LogP contribution is 2.35. The average molecular weight is 542 g/mol. The molecule has 4 rings (SSSR count). The maximum Gasteiger partial charge on any atom is 0.321 e. The summed E-state index contributed by atoms with van der Waals surface area (Å²) in [7, 11) is -2.92. The molecule has 0 aliphatic carbocycles. The van der Waals surface area contributed by atoms with Gasteiger partial charge in [0.05, 0.1) is 7.11 Å². The predicted molar refractivity (Wildman–Crippen MR) is 137 cm³/mol. The topological polar surface area (TPSA) is 87.2 Å². The molecule has 0 spiro atoms. The molecular weight excluding hydrogens is 510 g/mol. The lowest BCUT2D eigenvalue weighted by atomic mass is 9.96. The van der Waals surface area contributed by atoms with Gasteiger partial charge in [-0.1, -0.05) is 17.7 Å². The number of piperidine rings is 2. The molecule has 0 bridgehead atoms. The van der Waals surface area contributed by atoms with Gasteiger partial charge in [0, 0.05) is 41.4 Å². The minimum Gasteiger partial charge on any atom is -0.468 e. The first-order valence-corrected chi connectivity index (χ1v) is 14.6. The summed E-state index contributed by atoms with van der Waals surface area (Å²) in [5.41, 5.74) is 0. The van der Waals surface area contributed by atoms with Gasteiger partial charge in [-0.25, -0.2) is 8.42 Å². The van der Waals surface area contributed by atoms with Crippen molar-refractivity contribution in [1.82, 2.24) is 14.1 Å². The zero-order chi connectivity index (χ0) is 25.3. The Bertz CT molecular complexity index is 1190. The Morgan fingerprint density at radius 1 is 1.20 bits per heavy atom. The molecule has 192 valence electrons. The highest BCUT2D eigenvalue weighted by Gasteiger charge is 2.43. The van der Waals surface area contributed by atoms with Crippen LogP contribution < -0.4 is 0 Å². The van der Waals surface area contributed by atoms with Crippen molar-refractivity contribution in [3.05, 3.63) is 29.3 Å². The fourth-order valence-corrected chi connectivity index (χ4v) is 8.36. The van der Waals surface area contributed by atoms with Gasteiger partial charge in [0.2, 0.25) is 5.91 Å². The van der Waals surface area contributed by atoms with Gasteiger partial charge in [0.15, 0.2) is 0 Å². The molecule has 0 radical (unpaired) electrons. The maximum atomic E-state index is 13.8. The summed E-state index contributed by atoms with van der Waals surface area (Å²) >= 11 is 7.16. The van der Waals surface area contributed by atoms with E-state index < -0.39 is 28.6 Å². The van der Waals surface area contributed by atoms with Crippen molar-refractivity contribution in [2.45, 2.75) is 61.9 Å². The second-order valence-corrected chi connectivity index (χ2v) is 13.1. The van der Waals surface area contributed by atoms with Crippen molar-refractivity contribution in [3.63, 3.8) is 0 Å². The quantitative estimate of drug-likeness (QED) is 0.498. The summed E-state index contributed by atoms with van der Waals surface area (Å²) < 4.78 is 34.3. The number of ether oxygens (including phenoxy) is 1. The first-order valence-electron chi connectivity index (χ1n) is 11.9. The number of benzene rings is 1. The highest BCUT2D eigenvalue weighted by molar-refractivity contribution is 7.91. The minimum absolute atomic E-state index is 0.0776. The number of hydrogen-bond acceptors (Lipinski definition) is 7. The van der Waals surface area contributed by atoms with Crippen molar-refractivity contribution in [3.8, 4) is 0 Å². The van der Waals surface area contributed by atoms with Crippen LogP contribution >= 0.6 is 22.9 Å². The summed E-state index contributed by atoms with van der Waals surface area (Å²) in [4.78, 5) is 30.2. The van der Waals surface area contributed by atoms with Crippen LogP contribution in [0.3, 0.4) is 0 Å². The molecule has 3 heterocycles. The van der Waals surface area contributed by atoms with Crippen LogP contribution in [0, 0.1) is 0 Å². The first kappa shape index (κ1) is 26.3. The number of rotatable bonds is 7. The van der Waals surface area contributed by atoms with E-state index >= 15 is 0 Å². The first-order chi connectivity index (χ1) is 16.6. The number of methoxy groups -OCH3 is 1. The summed E-state index contributed by atoms with van der Waals surface area (Å²) in [6, 6.07) is 6.34. The SMILES string of the molecule is COC(=O)CN([C@H]1CCCN(C2CCN(C(C)C)CC2)C1=O)S(=O)(=O)c1cc2ccc(Cl)cc2s1. The van der Waals surface area contributed by atoms with Gasteiger partial charge in [-0.2, -0.15) is 4.31 Å². The number of halogens is 1. The Morgan fingerprint density at radius 3 is 2.57 bits per heavy atom. The Hall–Kier alpha value is -1.72. The Balaban J connectivity index is 1.62. The number of carbonyl (C=O) groups excluding carboxylic acids is 2. The van der Waals surface area contributed by atoms with E-state index in [-0.39, 0.29) is 16.2 Å². The number of likely N-dealkylation sites (tertiary alicyclic amines) is 2. The molecule has 0 saturated carbocycles. The molecule has 0 unspecified atom stereocenters. The largest absolute Gasteiger partial charge is 0.468 e. The van der Waals surface area contributed by atoms with E-state index in [1.54, 1.807) is 24.3 Å². The van der Waals surface area contributed by atoms with E-state index in [0.717, 1.165) is 51.7 Å². The molecule has 0 N–H and O–H groups in total. The third kappa shape index (κ3) is 5.51. The van der Waals surface area contributed by atoms with Crippen molar-refractivity contribution in [2.75, 3.05) is 33.3 Å². The Morgan fingerprint density at radius 2 is 1.91 bits per heavy atom. The number of esters is 1. The van der Waals surface area contributed by atoms with Crippen molar-refractivity contribution in [1.29, 1.82) is 0 Å². The number of hydrogen-bond donors (Lipinski definition) is 0. The number of sulfonamides is 1. The zero-order valence-electron chi connectivity index (χ0n) is 20.3. The molecule has 35 heavy (non-hydrogen) atoms. The van der Waals surface area contributed by atoms with Crippen LogP contribution in [0.5, 0.6) is 0 Å². The van der Waals surface area contributed by atoms with E-state index in [9.17, 15) is 18.0 Å². The minimum atomic E-state index is -4.14. The molecular formula is C24H32ClN3O5S2. The smallest absolute Gasteiger partial charge is 0.321 e. The van der Waals surface area contributed by atoms with E-state index in [2.05, 4.69) is 18.7 Å². The van der Waals surface area contributed by atoms with Crippen LogP contribution in [0.1, 0.15) is 39.5 Å². The number of thiophene rings is 1. The van der Waals surface area contributed by atoms with Gasteiger partial charge in [0.1, 0.15) is 16.8 Å². The Kier molecular flexibility index (Phi) is 8.07. The summed E-state index contributed by atoms with van der Waals surface area (Å²) in [6.45, 7) is 6.25. The van der Waals surface area contributed by atoms with Gasteiger partial charge in [0.25, 0.3) is 10.0 Å². The van der Waals surface area contributed by atoms with Crippen molar-refractivity contribution >= 4 is 54.9 Å². The Labute approximate surface area is 215 Å². The van der Waals surface area contributed by atoms with Crippen LogP contribution in [-0.2, 0) is 24.3 Å². The summed E-state index contributed by atoms with van der Waals surface area (Å²) in [6.07, 6.45) is 2.76. The fraction of sp³-hybridized carbons (Fsp3) is 0.583. The van der Waals surface area contributed by atoms with Crippen LogP contribution in [0.2, 0.25) is 5.02 Å². The van der Waals surface area contributed by atoms with Crippen LogP contribution in [-0.4, -0.2) is 85.8 Å². The third-order valence-corrected chi connectivity index (χ3v) is 10.6. The number of nitrogens with zero attached hydrogens (tertiary/aromatic N) is 3. The number of amides is 1. The van der Waals surface area contributed by atoms with Crippen molar-refractivity contribution in [2.24, 2.45) is 0 Å².